The van der Waals surface area contributed by atoms with Crippen molar-refractivity contribution in [1.82, 2.24) is 9.97 Å². The smallest absolute Gasteiger partial charge is 0.335 e. The van der Waals surface area contributed by atoms with Gasteiger partial charge in [0.2, 0.25) is 0 Å². The molecule has 3 aromatic rings. The van der Waals surface area contributed by atoms with E-state index in [9.17, 15) is 9.90 Å². The van der Waals surface area contributed by atoms with E-state index in [0.29, 0.717) is 11.5 Å². The largest absolute Gasteiger partial charge is 0.478 e. The van der Waals surface area contributed by atoms with Crippen molar-refractivity contribution >= 4 is 22.7 Å². The van der Waals surface area contributed by atoms with E-state index in [1.54, 1.807) is 12.1 Å². The van der Waals surface area contributed by atoms with Crippen molar-refractivity contribution in [1.29, 1.82) is 0 Å². The van der Waals surface area contributed by atoms with E-state index >= 15 is 0 Å². The van der Waals surface area contributed by atoms with Gasteiger partial charge in [0, 0.05) is 36.4 Å². The van der Waals surface area contributed by atoms with E-state index in [1.165, 1.54) is 5.56 Å². The maximum Gasteiger partial charge on any atom is 0.335 e. The highest BCUT2D eigenvalue weighted by atomic mass is 16.4. The molecular formula is C19H19N3O2. The first-order valence-corrected chi connectivity index (χ1v) is 8.22. The second kappa shape index (κ2) is 6.00. The van der Waals surface area contributed by atoms with E-state index in [4.69, 9.17) is 0 Å². The maximum absolute atomic E-state index is 11.2. The Morgan fingerprint density at radius 1 is 1.21 bits per heavy atom. The van der Waals surface area contributed by atoms with Gasteiger partial charge in [-0.3, -0.25) is 0 Å². The molecule has 2 N–H and O–H groups in total. The number of rotatable bonds is 3. The summed E-state index contributed by atoms with van der Waals surface area (Å²) in [5, 5.41) is 10.3. The highest BCUT2D eigenvalue weighted by Gasteiger charge is 2.23. The zero-order chi connectivity index (χ0) is 16.5. The molecule has 1 aliphatic rings. The number of aromatic amines is 1. The highest BCUT2D eigenvalue weighted by molar-refractivity contribution is 5.94. The van der Waals surface area contributed by atoms with Crippen molar-refractivity contribution in [3.8, 4) is 0 Å². The summed E-state index contributed by atoms with van der Waals surface area (Å²) in [6.45, 7) is 1.93. The molecule has 3 heterocycles. The summed E-state index contributed by atoms with van der Waals surface area (Å²) in [6.07, 6.45) is 5.95. The number of fused-ring (bicyclic) bond motifs is 1. The molecule has 4 rings (SSSR count). The van der Waals surface area contributed by atoms with Gasteiger partial charge in [-0.25, -0.2) is 9.78 Å². The van der Waals surface area contributed by atoms with Gasteiger partial charge in [0.25, 0.3) is 0 Å². The van der Waals surface area contributed by atoms with Crippen molar-refractivity contribution in [3.05, 3.63) is 59.9 Å². The normalized spacial score (nSPS) is 15.8. The summed E-state index contributed by atoms with van der Waals surface area (Å²) >= 11 is 0. The molecule has 0 saturated carbocycles. The van der Waals surface area contributed by atoms with Crippen LogP contribution in [0, 0.1) is 0 Å². The lowest BCUT2D eigenvalue weighted by Crippen LogP contribution is -2.33. The van der Waals surface area contributed by atoms with Crippen molar-refractivity contribution in [2.24, 2.45) is 0 Å². The van der Waals surface area contributed by atoms with Gasteiger partial charge in [-0.15, -0.1) is 0 Å². The molecule has 0 aliphatic carbocycles. The van der Waals surface area contributed by atoms with Crippen LogP contribution in [0.1, 0.15) is 34.7 Å². The Morgan fingerprint density at radius 2 is 2.04 bits per heavy atom. The van der Waals surface area contributed by atoms with Crippen LogP contribution in [0.25, 0.3) is 10.9 Å². The van der Waals surface area contributed by atoms with Gasteiger partial charge in [0.15, 0.2) is 0 Å². The van der Waals surface area contributed by atoms with Crippen LogP contribution in [0.15, 0.2) is 48.8 Å². The number of pyridine rings is 1. The van der Waals surface area contributed by atoms with Crippen molar-refractivity contribution in [3.63, 3.8) is 0 Å². The molecular weight excluding hydrogens is 302 g/mol. The minimum absolute atomic E-state index is 0.342. The average molecular weight is 321 g/mol. The third-order valence-corrected chi connectivity index (χ3v) is 4.87. The van der Waals surface area contributed by atoms with Gasteiger partial charge in [0.1, 0.15) is 5.82 Å². The van der Waals surface area contributed by atoms with Crippen molar-refractivity contribution < 1.29 is 9.90 Å². The molecule has 0 amide bonds. The van der Waals surface area contributed by atoms with E-state index in [0.717, 1.165) is 42.7 Å². The summed E-state index contributed by atoms with van der Waals surface area (Å²) in [5.41, 5.74) is 2.57. The van der Waals surface area contributed by atoms with Gasteiger partial charge in [-0.2, -0.15) is 0 Å². The number of carboxylic acid groups (broad SMARTS) is 1. The molecule has 1 fully saturated rings. The number of aromatic carboxylic acids is 1. The number of aromatic nitrogens is 2. The molecule has 1 saturated heterocycles. The number of nitrogens with zero attached hydrogens (tertiary/aromatic N) is 2. The molecule has 0 radical (unpaired) electrons. The zero-order valence-corrected chi connectivity index (χ0v) is 13.3. The number of anilines is 1. The SMILES string of the molecule is O=C(O)c1ccc2[nH]cc(C3CCN(c4ccccn4)CC3)c2c1. The molecule has 1 aliphatic heterocycles. The van der Waals surface area contributed by atoms with Crippen LogP contribution in [0.2, 0.25) is 0 Å². The molecule has 5 nitrogen and oxygen atoms in total. The van der Waals surface area contributed by atoms with E-state index < -0.39 is 5.97 Å². The fourth-order valence-electron chi connectivity index (χ4n) is 3.57. The molecule has 0 atom stereocenters. The molecule has 0 unspecified atom stereocenters. The van der Waals surface area contributed by atoms with Gasteiger partial charge < -0.3 is 15.0 Å². The van der Waals surface area contributed by atoms with Crippen molar-refractivity contribution in [2.45, 2.75) is 18.8 Å². The standard InChI is InChI=1S/C19H19N3O2/c23-19(24)14-4-5-17-15(11-14)16(12-21-17)13-6-9-22(10-7-13)18-3-1-2-8-20-18/h1-5,8,11-13,21H,6-7,9-10H2,(H,23,24). The van der Waals surface area contributed by atoms with Crippen LogP contribution in [-0.4, -0.2) is 34.1 Å². The topological polar surface area (TPSA) is 69.2 Å². The predicted molar refractivity (Wildman–Crippen MR) is 93.7 cm³/mol. The number of nitrogens with one attached hydrogen (secondary N) is 1. The molecule has 1 aromatic carbocycles. The third-order valence-electron chi connectivity index (χ3n) is 4.87. The second-order valence-corrected chi connectivity index (χ2v) is 6.26. The van der Waals surface area contributed by atoms with Crippen LogP contribution in [-0.2, 0) is 0 Å². The van der Waals surface area contributed by atoms with Gasteiger partial charge in [0.05, 0.1) is 5.56 Å². The van der Waals surface area contributed by atoms with Crippen molar-refractivity contribution in [2.75, 3.05) is 18.0 Å². The molecule has 24 heavy (non-hydrogen) atoms. The fraction of sp³-hybridized carbons (Fsp3) is 0.263. The molecule has 5 heteroatoms. The summed E-state index contributed by atoms with van der Waals surface area (Å²) in [5.74, 6) is 0.597. The number of H-pyrrole nitrogens is 1. The molecule has 122 valence electrons. The first-order valence-electron chi connectivity index (χ1n) is 8.22. The second-order valence-electron chi connectivity index (χ2n) is 6.26. The Hall–Kier alpha value is -2.82. The van der Waals surface area contributed by atoms with E-state index in [2.05, 4.69) is 14.9 Å². The first-order chi connectivity index (χ1) is 11.7. The predicted octanol–water partition coefficient (Wildman–Crippen LogP) is 3.65. The maximum atomic E-state index is 11.2. The summed E-state index contributed by atoms with van der Waals surface area (Å²) in [6, 6.07) is 11.3. The Labute approximate surface area is 139 Å². The van der Waals surface area contributed by atoms with Crippen LogP contribution < -0.4 is 4.90 Å². The lowest BCUT2D eigenvalue weighted by atomic mass is 9.89. The number of piperidine rings is 1. The zero-order valence-electron chi connectivity index (χ0n) is 13.3. The monoisotopic (exact) mass is 321 g/mol. The summed E-state index contributed by atoms with van der Waals surface area (Å²) in [7, 11) is 0. The minimum atomic E-state index is -0.881. The molecule has 0 spiro atoms. The van der Waals surface area contributed by atoms with Crippen LogP contribution in [0.5, 0.6) is 0 Å². The van der Waals surface area contributed by atoms with E-state index in [-0.39, 0.29) is 0 Å². The molecule has 0 bridgehead atoms. The fourth-order valence-corrected chi connectivity index (χ4v) is 3.57. The number of hydrogen-bond donors (Lipinski definition) is 2. The Kier molecular flexibility index (Phi) is 3.69. The average Bonchev–Trinajstić information content (AvgIpc) is 3.06. The number of hydrogen-bond acceptors (Lipinski definition) is 3. The Bertz CT molecular complexity index is 865. The third kappa shape index (κ3) is 2.62. The van der Waals surface area contributed by atoms with E-state index in [1.807, 2.05) is 36.7 Å². The van der Waals surface area contributed by atoms with Crippen LogP contribution >= 0.6 is 0 Å². The lowest BCUT2D eigenvalue weighted by Gasteiger charge is -2.32. The Morgan fingerprint density at radius 3 is 2.75 bits per heavy atom. The quantitative estimate of drug-likeness (QED) is 0.772. The van der Waals surface area contributed by atoms with Crippen LogP contribution in [0.4, 0.5) is 5.82 Å². The summed E-state index contributed by atoms with van der Waals surface area (Å²) in [4.78, 5) is 21.2. The molecule has 2 aromatic heterocycles. The summed E-state index contributed by atoms with van der Waals surface area (Å²) < 4.78 is 0. The minimum Gasteiger partial charge on any atom is -0.478 e. The van der Waals surface area contributed by atoms with Gasteiger partial charge in [-0.05, 0) is 54.7 Å². The van der Waals surface area contributed by atoms with Gasteiger partial charge >= 0.3 is 5.97 Å². The lowest BCUT2D eigenvalue weighted by molar-refractivity contribution is 0.0697. The number of carbonyl (C=O) groups is 1. The Balaban J connectivity index is 1.56. The first kappa shape index (κ1) is 14.8. The highest BCUT2D eigenvalue weighted by Crippen LogP contribution is 2.34. The number of benzene rings is 1. The number of carboxylic acids is 1. The van der Waals surface area contributed by atoms with Gasteiger partial charge in [-0.1, -0.05) is 6.07 Å². The van der Waals surface area contributed by atoms with Crippen LogP contribution in [0.3, 0.4) is 0 Å².